The molecule has 0 aliphatic carbocycles. The Morgan fingerprint density at radius 2 is 2.36 bits per heavy atom. The molecule has 3 N–H and O–H groups in total. The third kappa shape index (κ3) is 1.19. The van der Waals surface area contributed by atoms with Gasteiger partial charge in [-0.3, -0.25) is 4.79 Å². The number of fused-ring (bicyclic) bond motifs is 1. The molecule has 0 fully saturated rings. The average molecular weight is 186 g/mol. The second-order valence-electron chi connectivity index (χ2n) is 2.79. The summed E-state index contributed by atoms with van der Waals surface area (Å²) in [5.74, 6) is -0.505. The lowest BCUT2D eigenvalue weighted by molar-refractivity contribution is 0.0991. The number of amides is 1. The van der Waals surface area contributed by atoms with Crippen LogP contribution >= 0.6 is 0 Å². The van der Waals surface area contributed by atoms with Crippen LogP contribution in [0.5, 0.6) is 0 Å². The van der Waals surface area contributed by atoms with Crippen molar-refractivity contribution in [2.75, 3.05) is 0 Å². The first-order valence-electron chi connectivity index (χ1n) is 3.90. The largest absolute Gasteiger partial charge is 0.363 e. The van der Waals surface area contributed by atoms with Crippen LogP contribution in [0, 0.1) is 11.3 Å². The number of benzene rings is 1. The Morgan fingerprint density at radius 1 is 1.57 bits per heavy atom. The molecular weight excluding hydrogens is 180 g/mol. The van der Waals surface area contributed by atoms with E-state index >= 15 is 0 Å². The van der Waals surface area contributed by atoms with Crippen LogP contribution in [0.1, 0.15) is 16.2 Å². The van der Waals surface area contributed by atoms with Crippen LogP contribution in [-0.4, -0.2) is 15.9 Å². The topological polar surface area (TPSA) is 95.6 Å². The van der Waals surface area contributed by atoms with Gasteiger partial charge >= 0.3 is 0 Å². The van der Waals surface area contributed by atoms with E-state index in [0.717, 1.165) is 0 Å². The molecule has 5 nitrogen and oxygen atoms in total. The van der Waals surface area contributed by atoms with E-state index in [9.17, 15) is 4.79 Å². The van der Waals surface area contributed by atoms with Crippen molar-refractivity contribution < 1.29 is 4.79 Å². The Bertz CT molecular complexity index is 549. The standard InChI is InChI=1S/C9H6N4O/c10-4-5-1-2-6-7(3-5)13-9(12-6)8(11)14/h1-3H,(H2,11,14)(H,12,13). The number of H-pyrrole nitrogens is 1. The van der Waals surface area contributed by atoms with Crippen molar-refractivity contribution in [3.05, 3.63) is 29.6 Å². The molecule has 0 saturated heterocycles. The number of hydrogen-bond acceptors (Lipinski definition) is 3. The Balaban J connectivity index is 2.67. The molecule has 0 bridgehead atoms. The van der Waals surface area contributed by atoms with Gasteiger partial charge in [0.15, 0.2) is 5.82 Å². The molecule has 0 spiro atoms. The number of imidazole rings is 1. The summed E-state index contributed by atoms with van der Waals surface area (Å²) in [4.78, 5) is 17.5. The predicted octanol–water partition coefficient (Wildman–Crippen LogP) is 0.533. The molecule has 1 aromatic heterocycles. The number of primary amides is 1. The van der Waals surface area contributed by atoms with E-state index in [1.54, 1.807) is 18.2 Å². The number of carbonyl (C=O) groups excluding carboxylic acids is 1. The molecule has 14 heavy (non-hydrogen) atoms. The Hall–Kier alpha value is -2.35. The summed E-state index contributed by atoms with van der Waals surface area (Å²) < 4.78 is 0. The first-order valence-corrected chi connectivity index (χ1v) is 3.90. The summed E-state index contributed by atoms with van der Waals surface area (Å²) in [5.41, 5.74) is 6.82. The molecule has 0 saturated carbocycles. The summed E-state index contributed by atoms with van der Waals surface area (Å²) in [6.07, 6.45) is 0. The number of nitrogens with one attached hydrogen (secondary N) is 1. The van der Waals surface area contributed by atoms with Crippen molar-refractivity contribution in [3.63, 3.8) is 0 Å². The molecule has 1 amide bonds. The maximum Gasteiger partial charge on any atom is 0.284 e. The number of nitriles is 1. The van der Waals surface area contributed by atoms with E-state index in [0.29, 0.717) is 16.6 Å². The zero-order valence-corrected chi connectivity index (χ0v) is 7.11. The van der Waals surface area contributed by atoms with Crippen LogP contribution in [0.4, 0.5) is 0 Å². The molecule has 0 radical (unpaired) electrons. The van der Waals surface area contributed by atoms with Crippen LogP contribution in [0.25, 0.3) is 11.0 Å². The van der Waals surface area contributed by atoms with Gasteiger partial charge in [-0.1, -0.05) is 0 Å². The number of rotatable bonds is 1. The molecule has 68 valence electrons. The van der Waals surface area contributed by atoms with Crippen molar-refractivity contribution in [1.82, 2.24) is 9.97 Å². The fourth-order valence-corrected chi connectivity index (χ4v) is 1.20. The van der Waals surface area contributed by atoms with E-state index in [4.69, 9.17) is 11.0 Å². The van der Waals surface area contributed by atoms with E-state index in [1.165, 1.54) is 0 Å². The molecule has 1 aromatic carbocycles. The van der Waals surface area contributed by atoms with Gasteiger partial charge in [0.2, 0.25) is 0 Å². The van der Waals surface area contributed by atoms with Gasteiger partial charge in [-0.2, -0.15) is 5.26 Å². The highest BCUT2D eigenvalue weighted by Crippen LogP contribution is 2.12. The predicted molar refractivity (Wildman–Crippen MR) is 49.3 cm³/mol. The summed E-state index contributed by atoms with van der Waals surface area (Å²) in [6, 6.07) is 6.91. The molecule has 5 heteroatoms. The SMILES string of the molecule is N#Cc1ccc2nc(C(N)=O)[nH]c2c1. The van der Waals surface area contributed by atoms with Gasteiger partial charge in [-0.05, 0) is 18.2 Å². The number of nitrogens with two attached hydrogens (primary N) is 1. The third-order valence-corrected chi connectivity index (χ3v) is 1.84. The highest BCUT2D eigenvalue weighted by molar-refractivity contribution is 5.93. The van der Waals surface area contributed by atoms with Crippen molar-refractivity contribution in [2.24, 2.45) is 5.73 Å². The zero-order valence-electron chi connectivity index (χ0n) is 7.11. The van der Waals surface area contributed by atoms with E-state index in [2.05, 4.69) is 9.97 Å². The van der Waals surface area contributed by atoms with Gasteiger partial charge in [0, 0.05) is 0 Å². The zero-order chi connectivity index (χ0) is 10.1. The van der Waals surface area contributed by atoms with Crippen LogP contribution in [0.2, 0.25) is 0 Å². The lowest BCUT2D eigenvalue weighted by Crippen LogP contribution is -2.12. The average Bonchev–Trinajstić information content (AvgIpc) is 2.59. The fourth-order valence-electron chi connectivity index (χ4n) is 1.20. The van der Waals surface area contributed by atoms with Gasteiger partial charge in [0.25, 0.3) is 5.91 Å². The molecule has 0 unspecified atom stereocenters. The maximum atomic E-state index is 10.8. The van der Waals surface area contributed by atoms with Crippen LogP contribution in [-0.2, 0) is 0 Å². The second-order valence-corrected chi connectivity index (χ2v) is 2.79. The van der Waals surface area contributed by atoms with Crippen LogP contribution in [0.3, 0.4) is 0 Å². The van der Waals surface area contributed by atoms with Gasteiger partial charge in [-0.25, -0.2) is 4.98 Å². The number of carbonyl (C=O) groups is 1. The minimum Gasteiger partial charge on any atom is -0.363 e. The Labute approximate surface area is 79.2 Å². The van der Waals surface area contributed by atoms with Crippen LogP contribution < -0.4 is 5.73 Å². The Kier molecular flexibility index (Phi) is 1.68. The van der Waals surface area contributed by atoms with Crippen molar-refractivity contribution in [2.45, 2.75) is 0 Å². The molecule has 0 aliphatic heterocycles. The summed E-state index contributed by atoms with van der Waals surface area (Å²) in [7, 11) is 0. The first-order chi connectivity index (χ1) is 6.70. The highest BCUT2D eigenvalue weighted by Gasteiger charge is 2.07. The van der Waals surface area contributed by atoms with Gasteiger partial charge in [0.1, 0.15) is 0 Å². The molecular formula is C9H6N4O. The summed E-state index contributed by atoms with van der Waals surface area (Å²) in [6.45, 7) is 0. The highest BCUT2D eigenvalue weighted by atomic mass is 16.1. The molecule has 2 rings (SSSR count). The van der Waals surface area contributed by atoms with Crippen molar-refractivity contribution in [3.8, 4) is 6.07 Å². The quantitative estimate of drug-likeness (QED) is 0.680. The third-order valence-electron chi connectivity index (χ3n) is 1.84. The smallest absolute Gasteiger partial charge is 0.284 e. The molecule has 0 aliphatic rings. The van der Waals surface area contributed by atoms with E-state index in [-0.39, 0.29) is 5.82 Å². The maximum absolute atomic E-state index is 10.8. The number of hydrogen-bond donors (Lipinski definition) is 2. The Morgan fingerprint density at radius 3 is 3.00 bits per heavy atom. The molecule has 2 aromatic rings. The molecule has 1 heterocycles. The summed E-state index contributed by atoms with van der Waals surface area (Å²) in [5, 5.41) is 8.64. The summed E-state index contributed by atoms with van der Waals surface area (Å²) >= 11 is 0. The van der Waals surface area contributed by atoms with Crippen molar-refractivity contribution >= 4 is 16.9 Å². The van der Waals surface area contributed by atoms with E-state index < -0.39 is 5.91 Å². The minimum absolute atomic E-state index is 0.107. The van der Waals surface area contributed by atoms with Gasteiger partial charge in [0.05, 0.1) is 22.7 Å². The van der Waals surface area contributed by atoms with Crippen molar-refractivity contribution in [1.29, 1.82) is 5.26 Å². The molecule has 0 atom stereocenters. The lowest BCUT2D eigenvalue weighted by Gasteiger charge is -1.87. The number of aromatic amines is 1. The fraction of sp³-hybridized carbons (Fsp3) is 0. The first kappa shape index (κ1) is 8.26. The van der Waals surface area contributed by atoms with E-state index in [1.807, 2.05) is 6.07 Å². The van der Waals surface area contributed by atoms with Crippen LogP contribution in [0.15, 0.2) is 18.2 Å². The van der Waals surface area contributed by atoms with Gasteiger partial charge < -0.3 is 10.7 Å². The number of aromatic nitrogens is 2. The number of nitrogens with zero attached hydrogens (tertiary/aromatic N) is 2. The minimum atomic E-state index is -0.611. The lowest BCUT2D eigenvalue weighted by atomic mass is 10.2. The second kappa shape index (κ2) is 2.85. The van der Waals surface area contributed by atoms with Gasteiger partial charge in [-0.15, -0.1) is 0 Å². The normalized spacial score (nSPS) is 9.93. The monoisotopic (exact) mass is 186 g/mol.